The number of rotatable bonds is 4. The van der Waals surface area contributed by atoms with Crippen LogP contribution in [0.15, 0.2) is 48.5 Å². The van der Waals surface area contributed by atoms with Crippen molar-refractivity contribution < 1.29 is 24.4 Å². The lowest BCUT2D eigenvalue weighted by molar-refractivity contribution is -0.738. The number of carbonyl (C=O) groups excluding carboxylic acids is 3. The minimum Gasteiger partial charge on any atom is -0.497 e. The third-order valence-corrected chi connectivity index (χ3v) is 7.07. The number of carbonyl (C=O) groups is 3. The van der Waals surface area contributed by atoms with Gasteiger partial charge < -0.3 is 15.4 Å². The summed E-state index contributed by atoms with van der Waals surface area (Å²) < 4.78 is 5.19. The molecule has 0 saturated carbocycles. The van der Waals surface area contributed by atoms with Crippen molar-refractivity contribution in [1.82, 2.24) is 4.90 Å². The number of quaternary nitrogens is 1. The number of methoxy groups -OCH3 is 1. The van der Waals surface area contributed by atoms with Crippen molar-refractivity contribution in [1.29, 1.82) is 0 Å². The zero-order valence-electron chi connectivity index (χ0n) is 17.8. The summed E-state index contributed by atoms with van der Waals surface area (Å²) in [6.45, 7) is 4.28. The first kappa shape index (κ1) is 19.8. The molecule has 0 unspecified atom stereocenters. The zero-order chi connectivity index (χ0) is 21.9. The summed E-state index contributed by atoms with van der Waals surface area (Å²) in [5.74, 6) is -1.05. The molecule has 3 heterocycles. The molecule has 1 spiro atoms. The fraction of sp³-hybridized carbons (Fsp3) is 0.375. The van der Waals surface area contributed by atoms with E-state index in [2.05, 4.69) is 5.32 Å². The number of hydrogen-bond acceptors (Lipinski definition) is 4. The molecule has 31 heavy (non-hydrogen) atoms. The predicted molar refractivity (Wildman–Crippen MR) is 113 cm³/mol. The quantitative estimate of drug-likeness (QED) is 0.728. The Hall–Kier alpha value is -3.19. The summed E-state index contributed by atoms with van der Waals surface area (Å²) in [6.07, 6.45) is 0. The lowest BCUT2D eigenvalue weighted by Crippen LogP contribution is -2.99. The Morgan fingerprint density at radius 3 is 2.45 bits per heavy atom. The fourth-order valence-corrected chi connectivity index (χ4v) is 5.58. The molecule has 3 aliphatic rings. The molecule has 2 fully saturated rings. The smallest absolute Gasteiger partial charge is 0.291 e. The SMILES string of the molecule is COc1ccc(CN2C(=O)[C@@H]3[C@H](C(C)C)[NH2+][C@]4(C(=O)Nc5ccccc54)[C@H]3C2=O)cc1. The molecule has 2 aromatic carbocycles. The standard InChI is InChI=1S/C24H25N3O4/c1-13(2)20-18-19(24(26-20)16-6-4-5-7-17(16)25-23(24)30)22(29)27(21(18)28)12-14-8-10-15(31-3)11-9-14/h4-11,13,18-20,26H,12H2,1-3H3,(H,25,30)/p+1/t18-,19+,20-,24-/m0/s1. The largest absolute Gasteiger partial charge is 0.497 e. The van der Waals surface area contributed by atoms with E-state index >= 15 is 0 Å². The molecule has 0 radical (unpaired) electrons. The van der Waals surface area contributed by atoms with Crippen molar-refractivity contribution in [3.05, 3.63) is 59.7 Å². The van der Waals surface area contributed by atoms with Gasteiger partial charge in [0.05, 0.1) is 19.3 Å². The Bertz CT molecular complexity index is 1080. The first-order chi connectivity index (χ1) is 14.9. The van der Waals surface area contributed by atoms with Crippen LogP contribution in [0, 0.1) is 17.8 Å². The second-order valence-electron chi connectivity index (χ2n) is 8.97. The second kappa shape index (κ2) is 6.92. The van der Waals surface area contributed by atoms with Gasteiger partial charge >= 0.3 is 0 Å². The Labute approximate surface area is 180 Å². The molecule has 3 N–H and O–H groups in total. The van der Waals surface area contributed by atoms with Crippen LogP contribution in [0.3, 0.4) is 0 Å². The highest BCUT2D eigenvalue weighted by molar-refractivity contribution is 6.13. The van der Waals surface area contributed by atoms with Gasteiger partial charge in [-0.2, -0.15) is 0 Å². The van der Waals surface area contributed by atoms with E-state index in [9.17, 15) is 14.4 Å². The second-order valence-corrected chi connectivity index (χ2v) is 8.97. The van der Waals surface area contributed by atoms with Crippen LogP contribution >= 0.6 is 0 Å². The highest BCUT2D eigenvalue weighted by atomic mass is 16.5. The van der Waals surface area contributed by atoms with Crippen LogP contribution in [0.25, 0.3) is 0 Å². The van der Waals surface area contributed by atoms with Crippen LogP contribution in [0.2, 0.25) is 0 Å². The van der Waals surface area contributed by atoms with Crippen LogP contribution in [0.1, 0.15) is 25.0 Å². The van der Waals surface area contributed by atoms with Crippen LogP contribution in [-0.4, -0.2) is 35.8 Å². The fourth-order valence-electron chi connectivity index (χ4n) is 5.58. The molecule has 4 atom stereocenters. The molecular weight excluding hydrogens is 394 g/mol. The molecule has 5 rings (SSSR count). The van der Waals surface area contributed by atoms with Crippen LogP contribution in [0.4, 0.5) is 5.69 Å². The van der Waals surface area contributed by atoms with Gasteiger partial charge in [0, 0.05) is 11.5 Å². The minimum atomic E-state index is -1.10. The van der Waals surface area contributed by atoms with Gasteiger partial charge in [-0.3, -0.25) is 19.3 Å². The van der Waals surface area contributed by atoms with Gasteiger partial charge in [0.25, 0.3) is 5.91 Å². The summed E-state index contributed by atoms with van der Waals surface area (Å²) >= 11 is 0. The summed E-state index contributed by atoms with van der Waals surface area (Å²) in [4.78, 5) is 41.9. The molecule has 2 saturated heterocycles. The van der Waals surface area contributed by atoms with Gasteiger partial charge in [0.1, 0.15) is 23.6 Å². The van der Waals surface area contributed by atoms with Crippen LogP contribution in [-0.2, 0) is 26.5 Å². The Kier molecular flexibility index (Phi) is 4.41. The Morgan fingerprint density at radius 2 is 1.77 bits per heavy atom. The molecule has 2 aromatic rings. The monoisotopic (exact) mass is 420 g/mol. The number of ether oxygens (including phenoxy) is 1. The normalized spacial score (nSPS) is 29.0. The molecule has 7 heteroatoms. The first-order valence-electron chi connectivity index (χ1n) is 10.6. The summed E-state index contributed by atoms with van der Waals surface area (Å²) in [5, 5.41) is 4.93. The van der Waals surface area contributed by atoms with Crippen LogP contribution in [0.5, 0.6) is 5.75 Å². The summed E-state index contributed by atoms with van der Waals surface area (Å²) in [5.41, 5.74) is 1.27. The predicted octanol–water partition coefficient (Wildman–Crippen LogP) is 1.25. The van der Waals surface area contributed by atoms with Crippen molar-refractivity contribution in [2.75, 3.05) is 12.4 Å². The van der Waals surface area contributed by atoms with Crippen LogP contribution < -0.4 is 15.4 Å². The van der Waals surface area contributed by atoms with E-state index in [1.807, 2.05) is 67.7 Å². The third-order valence-electron chi connectivity index (χ3n) is 7.07. The van der Waals surface area contributed by atoms with Gasteiger partial charge in [-0.1, -0.05) is 44.2 Å². The maximum absolute atomic E-state index is 13.7. The lowest BCUT2D eigenvalue weighted by Gasteiger charge is -2.27. The number of likely N-dealkylation sites (tertiary alicyclic amines) is 1. The average molecular weight is 420 g/mol. The molecule has 0 aromatic heterocycles. The van der Waals surface area contributed by atoms with E-state index in [0.717, 1.165) is 16.8 Å². The third kappa shape index (κ3) is 2.66. The van der Waals surface area contributed by atoms with E-state index < -0.39 is 17.4 Å². The van der Waals surface area contributed by atoms with Gasteiger partial charge in [-0.25, -0.2) is 0 Å². The number of anilines is 1. The zero-order valence-corrected chi connectivity index (χ0v) is 17.8. The van der Waals surface area contributed by atoms with Crippen molar-refractivity contribution >= 4 is 23.4 Å². The van der Waals surface area contributed by atoms with Gasteiger partial charge in [0.2, 0.25) is 17.4 Å². The van der Waals surface area contributed by atoms with Crippen molar-refractivity contribution in [3.8, 4) is 5.75 Å². The molecule has 0 bridgehead atoms. The molecular formula is C24H26N3O4+. The van der Waals surface area contributed by atoms with Crippen molar-refractivity contribution in [2.24, 2.45) is 17.8 Å². The molecule has 160 valence electrons. The van der Waals surface area contributed by atoms with E-state index in [-0.39, 0.29) is 36.2 Å². The average Bonchev–Trinajstić information content (AvgIpc) is 3.35. The number of imide groups is 1. The van der Waals surface area contributed by atoms with E-state index in [1.165, 1.54) is 4.90 Å². The van der Waals surface area contributed by atoms with Gasteiger partial charge in [-0.05, 0) is 23.8 Å². The van der Waals surface area contributed by atoms with Crippen molar-refractivity contribution in [3.63, 3.8) is 0 Å². The number of hydrogen-bond donors (Lipinski definition) is 2. The van der Waals surface area contributed by atoms with E-state index in [4.69, 9.17) is 4.74 Å². The minimum absolute atomic E-state index is 0.130. The highest BCUT2D eigenvalue weighted by Crippen LogP contribution is 2.50. The van der Waals surface area contributed by atoms with Gasteiger partial charge in [0.15, 0.2) is 0 Å². The molecule has 7 nitrogen and oxygen atoms in total. The highest BCUT2D eigenvalue weighted by Gasteiger charge is 2.74. The first-order valence-corrected chi connectivity index (χ1v) is 10.6. The summed E-state index contributed by atoms with van der Waals surface area (Å²) in [7, 11) is 1.59. The van der Waals surface area contributed by atoms with Crippen molar-refractivity contribution in [2.45, 2.75) is 32.0 Å². The number of nitrogens with zero attached hydrogens (tertiary/aromatic N) is 1. The maximum Gasteiger partial charge on any atom is 0.291 e. The van der Waals surface area contributed by atoms with E-state index in [1.54, 1.807) is 7.11 Å². The summed E-state index contributed by atoms with van der Waals surface area (Å²) in [6, 6.07) is 14.7. The molecule has 3 amide bonds. The molecule has 0 aliphatic carbocycles. The molecule has 3 aliphatic heterocycles. The number of para-hydroxylation sites is 1. The topological polar surface area (TPSA) is 92.3 Å². The number of amides is 3. The van der Waals surface area contributed by atoms with E-state index in [0.29, 0.717) is 5.75 Å². The Balaban J connectivity index is 1.56. The lowest BCUT2D eigenvalue weighted by atomic mass is 9.76. The maximum atomic E-state index is 13.7. The number of nitrogens with two attached hydrogens (primary N) is 1. The van der Waals surface area contributed by atoms with Gasteiger partial charge in [-0.15, -0.1) is 0 Å². The number of benzene rings is 2. The Morgan fingerprint density at radius 1 is 1.06 bits per heavy atom. The number of fused-ring (bicyclic) bond motifs is 4. The number of nitrogens with one attached hydrogen (secondary N) is 1.